The van der Waals surface area contributed by atoms with Gasteiger partial charge in [0.2, 0.25) is 5.91 Å². The largest absolute Gasteiger partial charge is 0.492 e. The fourth-order valence-electron chi connectivity index (χ4n) is 2.66. The van der Waals surface area contributed by atoms with Crippen molar-refractivity contribution in [1.82, 2.24) is 10.2 Å². The summed E-state index contributed by atoms with van der Waals surface area (Å²) in [6.45, 7) is 3.65. The Morgan fingerprint density at radius 1 is 1.29 bits per heavy atom. The maximum absolute atomic E-state index is 12.9. The van der Waals surface area contributed by atoms with Crippen LogP contribution in [0.15, 0.2) is 24.3 Å². The van der Waals surface area contributed by atoms with Crippen LogP contribution in [-0.4, -0.2) is 57.3 Å². The van der Waals surface area contributed by atoms with Crippen LogP contribution in [0.5, 0.6) is 5.75 Å². The molecule has 0 aliphatic carbocycles. The molecule has 2 rings (SSSR count). The maximum atomic E-state index is 12.9. The number of carbonyl (C=O) groups is 1. The van der Waals surface area contributed by atoms with Gasteiger partial charge in [-0.25, -0.2) is 4.39 Å². The summed E-state index contributed by atoms with van der Waals surface area (Å²) in [4.78, 5) is 14.4. The molecule has 1 unspecified atom stereocenters. The summed E-state index contributed by atoms with van der Waals surface area (Å²) in [6, 6.07) is 5.89. The Morgan fingerprint density at radius 2 is 2.00 bits per heavy atom. The monoisotopic (exact) mass is 360 g/mol. The first-order valence-electron chi connectivity index (χ1n) is 8.07. The normalized spacial score (nSPS) is 17.0. The average Bonchev–Trinajstić information content (AvgIpc) is 2.60. The second-order valence-corrected chi connectivity index (χ2v) is 5.66. The predicted octanol–water partition coefficient (Wildman–Crippen LogP) is 2.10. The lowest BCUT2D eigenvalue weighted by Crippen LogP contribution is -2.45. The lowest BCUT2D eigenvalue weighted by atomic mass is 9.98. The molecular weight excluding hydrogens is 335 g/mol. The van der Waals surface area contributed by atoms with Crippen molar-refractivity contribution in [2.45, 2.75) is 12.8 Å². The third kappa shape index (κ3) is 6.63. The molecule has 1 saturated heterocycles. The van der Waals surface area contributed by atoms with E-state index in [2.05, 4.69) is 5.32 Å². The minimum atomic E-state index is -0.293. The van der Waals surface area contributed by atoms with Crippen LogP contribution in [0.4, 0.5) is 4.39 Å². The van der Waals surface area contributed by atoms with Crippen molar-refractivity contribution in [3.05, 3.63) is 30.1 Å². The number of methoxy groups -OCH3 is 1. The highest BCUT2D eigenvalue weighted by atomic mass is 35.5. The molecule has 0 aromatic heterocycles. The number of nitrogens with zero attached hydrogens (tertiary/aromatic N) is 1. The van der Waals surface area contributed by atoms with Crippen molar-refractivity contribution in [2.75, 3.05) is 46.5 Å². The molecule has 1 N–H and O–H groups in total. The van der Waals surface area contributed by atoms with Crippen molar-refractivity contribution in [1.29, 1.82) is 0 Å². The van der Waals surface area contributed by atoms with Gasteiger partial charge in [-0.15, -0.1) is 12.4 Å². The van der Waals surface area contributed by atoms with Crippen LogP contribution in [0, 0.1) is 11.7 Å². The van der Waals surface area contributed by atoms with Gasteiger partial charge in [0.25, 0.3) is 0 Å². The van der Waals surface area contributed by atoms with Gasteiger partial charge in [-0.2, -0.15) is 0 Å². The number of hydrogen-bond donors (Lipinski definition) is 1. The van der Waals surface area contributed by atoms with Gasteiger partial charge in [0, 0.05) is 20.2 Å². The minimum absolute atomic E-state index is 0. The van der Waals surface area contributed by atoms with Crippen molar-refractivity contribution >= 4 is 18.3 Å². The number of nitrogens with one attached hydrogen (secondary N) is 1. The first kappa shape index (κ1) is 20.7. The number of amides is 1. The van der Waals surface area contributed by atoms with Gasteiger partial charge in [-0.1, -0.05) is 0 Å². The van der Waals surface area contributed by atoms with Gasteiger partial charge in [-0.3, -0.25) is 4.79 Å². The number of rotatable bonds is 8. The highest BCUT2D eigenvalue weighted by molar-refractivity contribution is 5.85. The van der Waals surface area contributed by atoms with E-state index in [0.29, 0.717) is 32.1 Å². The van der Waals surface area contributed by atoms with E-state index in [1.807, 2.05) is 0 Å². The molecule has 5 nitrogen and oxygen atoms in total. The lowest BCUT2D eigenvalue weighted by molar-refractivity contribution is -0.137. The van der Waals surface area contributed by atoms with Crippen LogP contribution in [0.25, 0.3) is 0 Å². The number of ether oxygens (including phenoxy) is 2. The Labute approximate surface area is 148 Å². The molecule has 1 heterocycles. The Kier molecular flexibility index (Phi) is 9.67. The number of benzene rings is 1. The van der Waals surface area contributed by atoms with E-state index in [9.17, 15) is 9.18 Å². The molecule has 0 spiro atoms. The molecule has 1 aromatic rings. The highest BCUT2D eigenvalue weighted by Crippen LogP contribution is 2.14. The summed E-state index contributed by atoms with van der Waals surface area (Å²) in [6.07, 6.45) is 1.95. The topological polar surface area (TPSA) is 50.8 Å². The van der Waals surface area contributed by atoms with Gasteiger partial charge in [0.1, 0.15) is 18.2 Å². The molecule has 136 valence electrons. The highest BCUT2D eigenvalue weighted by Gasteiger charge is 2.25. The first-order chi connectivity index (χ1) is 11.2. The molecule has 0 radical (unpaired) electrons. The lowest BCUT2D eigenvalue weighted by Gasteiger charge is -2.29. The van der Waals surface area contributed by atoms with E-state index < -0.39 is 0 Å². The quantitative estimate of drug-likeness (QED) is 0.771. The molecule has 24 heavy (non-hydrogen) atoms. The average molecular weight is 361 g/mol. The predicted molar refractivity (Wildman–Crippen MR) is 93.2 cm³/mol. The summed E-state index contributed by atoms with van der Waals surface area (Å²) >= 11 is 0. The fraction of sp³-hybridized carbons (Fsp3) is 0.588. The Morgan fingerprint density at radius 3 is 2.62 bits per heavy atom. The third-order valence-corrected chi connectivity index (χ3v) is 3.97. The number of halogens is 2. The van der Waals surface area contributed by atoms with E-state index >= 15 is 0 Å². The van der Waals surface area contributed by atoms with E-state index in [4.69, 9.17) is 9.47 Å². The van der Waals surface area contributed by atoms with E-state index in [1.165, 1.54) is 12.1 Å². The molecule has 0 saturated carbocycles. The van der Waals surface area contributed by atoms with Crippen LogP contribution < -0.4 is 10.1 Å². The van der Waals surface area contributed by atoms with Crippen molar-refractivity contribution < 1.29 is 18.7 Å². The van der Waals surface area contributed by atoms with Crippen LogP contribution in [0.1, 0.15) is 12.8 Å². The van der Waals surface area contributed by atoms with Gasteiger partial charge >= 0.3 is 0 Å². The Bertz CT molecular complexity index is 481. The Hall–Kier alpha value is -1.37. The molecule has 1 atom stereocenters. The summed E-state index contributed by atoms with van der Waals surface area (Å²) in [7, 11) is 1.62. The third-order valence-electron chi connectivity index (χ3n) is 3.97. The van der Waals surface area contributed by atoms with Gasteiger partial charge in [-0.05, 0) is 43.7 Å². The van der Waals surface area contributed by atoms with E-state index in [0.717, 1.165) is 25.9 Å². The van der Waals surface area contributed by atoms with Crippen LogP contribution in [0.2, 0.25) is 0 Å². The Balaban J connectivity index is 0.00000288. The van der Waals surface area contributed by atoms with E-state index in [-0.39, 0.29) is 30.0 Å². The molecule has 1 aliphatic heterocycles. The molecular formula is C17H26ClFN2O3. The zero-order valence-corrected chi connectivity index (χ0v) is 14.8. The zero-order chi connectivity index (χ0) is 16.5. The second-order valence-electron chi connectivity index (χ2n) is 5.66. The molecule has 1 aromatic carbocycles. The first-order valence-corrected chi connectivity index (χ1v) is 8.07. The fourth-order valence-corrected chi connectivity index (χ4v) is 2.66. The smallest absolute Gasteiger partial charge is 0.227 e. The van der Waals surface area contributed by atoms with Crippen molar-refractivity contribution in [3.8, 4) is 5.75 Å². The molecule has 1 aliphatic rings. The summed E-state index contributed by atoms with van der Waals surface area (Å²) in [5.41, 5.74) is 0. The summed E-state index contributed by atoms with van der Waals surface area (Å²) < 4.78 is 23.5. The molecule has 1 amide bonds. The number of piperidine rings is 1. The summed E-state index contributed by atoms with van der Waals surface area (Å²) in [5, 5.41) is 3.27. The number of carbonyl (C=O) groups excluding carboxylic acids is 1. The molecule has 7 heteroatoms. The SMILES string of the molecule is COCCN(CCOc1ccc(F)cc1)C(=O)C1CCCNC1.Cl. The summed E-state index contributed by atoms with van der Waals surface area (Å²) in [5.74, 6) is 0.493. The van der Waals surface area contributed by atoms with Gasteiger partial charge < -0.3 is 19.7 Å². The van der Waals surface area contributed by atoms with Crippen molar-refractivity contribution in [2.24, 2.45) is 5.92 Å². The number of hydrogen-bond acceptors (Lipinski definition) is 4. The van der Waals surface area contributed by atoms with Gasteiger partial charge in [0.05, 0.1) is 19.1 Å². The van der Waals surface area contributed by atoms with E-state index in [1.54, 1.807) is 24.1 Å². The molecule has 0 bridgehead atoms. The van der Waals surface area contributed by atoms with Crippen LogP contribution >= 0.6 is 12.4 Å². The van der Waals surface area contributed by atoms with Crippen LogP contribution in [-0.2, 0) is 9.53 Å². The van der Waals surface area contributed by atoms with Crippen molar-refractivity contribution in [3.63, 3.8) is 0 Å². The molecule has 1 fully saturated rings. The van der Waals surface area contributed by atoms with Crippen LogP contribution in [0.3, 0.4) is 0 Å². The minimum Gasteiger partial charge on any atom is -0.492 e. The van der Waals surface area contributed by atoms with Gasteiger partial charge in [0.15, 0.2) is 0 Å². The second kappa shape index (κ2) is 11.2. The zero-order valence-electron chi connectivity index (χ0n) is 14.0. The standard InChI is InChI=1S/C17H25FN2O3.ClH/c1-22-11-9-20(17(21)14-3-2-8-19-13-14)10-12-23-16-6-4-15(18)5-7-16;/h4-7,14,19H,2-3,8-13H2,1H3;1H. The maximum Gasteiger partial charge on any atom is 0.227 e.